The van der Waals surface area contributed by atoms with Gasteiger partial charge in [-0.25, -0.2) is 0 Å². The van der Waals surface area contributed by atoms with Gasteiger partial charge in [0.1, 0.15) is 0 Å². The number of hydrogen-bond donors (Lipinski definition) is 1. The van der Waals surface area contributed by atoms with Gasteiger partial charge in [-0.15, -0.1) is 0 Å². The summed E-state index contributed by atoms with van der Waals surface area (Å²) < 4.78 is 0. The van der Waals surface area contributed by atoms with Crippen LogP contribution in [0.1, 0.15) is 12.0 Å². The Kier molecular flexibility index (Phi) is 4.76. The van der Waals surface area contributed by atoms with Crippen molar-refractivity contribution in [2.24, 2.45) is 5.92 Å². The number of nitrogens with one attached hydrogen (secondary N) is 1. The van der Waals surface area contributed by atoms with Gasteiger partial charge in [0.2, 0.25) is 5.91 Å². The minimum absolute atomic E-state index is 0.0278. The molecular weight excluding hydrogens is 296 g/mol. The van der Waals surface area contributed by atoms with E-state index in [0.717, 1.165) is 26.1 Å². The summed E-state index contributed by atoms with van der Waals surface area (Å²) in [5.74, 6) is 0.0867. The van der Waals surface area contributed by atoms with Crippen molar-refractivity contribution >= 4 is 23.2 Å². The molecule has 0 saturated carbocycles. The maximum absolute atomic E-state index is 12.4. The first kappa shape index (κ1) is 15.1. The standard InChI is InChI=1S/C18H19ClN2O/c19-16-8-4-5-9-17(16)20-18(22)15-10-11-21(13-15)12-14-6-2-1-3-7-14/h1-9,15H,10-13H2,(H,20,22). The van der Waals surface area contributed by atoms with Crippen molar-refractivity contribution < 1.29 is 4.79 Å². The Labute approximate surface area is 135 Å². The highest BCUT2D eigenvalue weighted by atomic mass is 35.5. The van der Waals surface area contributed by atoms with Crippen LogP contribution in [0.3, 0.4) is 0 Å². The van der Waals surface area contributed by atoms with Crippen molar-refractivity contribution in [3.05, 3.63) is 65.2 Å². The summed E-state index contributed by atoms with van der Waals surface area (Å²) in [5.41, 5.74) is 1.98. The number of carbonyl (C=O) groups excluding carboxylic acids is 1. The van der Waals surface area contributed by atoms with Crippen LogP contribution in [0.15, 0.2) is 54.6 Å². The molecule has 1 fully saturated rings. The van der Waals surface area contributed by atoms with Gasteiger partial charge in [0, 0.05) is 13.1 Å². The number of halogens is 1. The third-order valence-electron chi connectivity index (χ3n) is 4.02. The van der Waals surface area contributed by atoms with Crippen molar-refractivity contribution in [3.8, 4) is 0 Å². The first-order valence-corrected chi connectivity index (χ1v) is 7.92. The number of anilines is 1. The Bertz CT molecular complexity index is 645. The van der Waals surface area contributed by atoms with Crippen molar-refractivity contribution in [1.29, 1.82) is 0 Å². The topological polar surface area (TPSA) is 32.3 Å². The summed E-state index contributed by atoms with van der Waals surface area (Å²) >= 11 is 6.09. The lowest BCUT2D eigenvalue weighted by atomic mass is 10.1. The predicted octanol–water partition coefficient (Wildman–Crippen LogP) is 3.80. The van der Waals surface area contributed by atoms with E-state index >= 15 is 0 Å². The molecule has 1 atom stereocenters. The quantitative estimate of drug-likeness (QED) is 0.931. The molecule has 3 rings (SSSR count). The molecule has 1 saturated heterocycles. The summed E-state index contributed by atoms with van der Waals surface area (Å²) in [4.78, 5) is 14.7. The van der Waals surface area contributed by atoms with Gasteiger partial charge >= 0.3 is 0 Å². The van der Waals surface area contributed by atoms with Crippen LogP contribution in [-0.4, -0.2) is 23.9 Å². The average molecular weight is 315 g/mol. The molecule has 1 aliphatic heterocycles. The fourth-order valence-electron chi connectivity index (χ4n) is 2.83. The zero-order chi connectivity index (χ0) is 15.4. The van der Waals surface area contributed by atoms with Crippen LogP contribution in [0.5, 0.6) is 0 Å². The van der Waals surface area contributed by atoms with Crippen LogP contribution in [-0.2, 0) is 11.3 Å². The summed E-state index contributed by atoms with van der Waals surface area (Å²) in [7, 11) is 0. The normalized spacial score (nSPS) is 18.3. The van der Waals surface area contributed by atoms with Crippen molar-refractivity contribution in [1.82, 2.24) is 4.90 Å². The van der Waals surface area contributed by atoms with Crippen molar-refractivity contribution in [2.75, 3.05) is 18.4 Å². The molecule has 2 aromatic rings. The largest absolute Gasteiger partial charge is 0.324 e. The van der Waals surface area contributed by atoms with Crippen LogP contribution in [0, 0.1) is 5.92 Å². The molecule has 0 aliphatic carbocycles. The Morgan fingerprint density at radius 3 is 2.64 bits per heavy atom. The number of para-hydroxylation sites is 1. The molecule has 0 bridgehead atoms. The highest BCUT2D eigenvalue weighted by molar-refractivity contribution is 6.33. The summed E-state index contributed by atoms with van der Waals surface area (Å²) in [6.07, 6.45) is 0.892. The van der Waals surface area contributed by atoms with Crippen LogP contribution in [0.25, 0.3) is 0 Å². The predicted molar refractivity (Wildman–Crippen MR) is 89.9 cm³/mol. The smallest absolute Gasteiger partial charge is 0.228 e. The van der Waals surface area contributed by atoms with Gasteiger partial charge in [-0.05, 0) is 30.7 Å². The Morgan fingerprint density at radius 2 is 1.86 bits per heavy atom. The molecule has 0 spiro atoms. The maximum atomic E-state index is 12.4. The van der Waals surface area contributed by atoms with Gasteiger partial charge < -0.3 is 5.32 Å². The third-order valence-corrected chi connectivity index (χ3v) is 4.35. The average Bonchev–Trinajstić information content (AvgIpc) is 2.99. The second-order valence-corrected chi connectivity index (χ2v) is 6.08. The zero-order valence-electron chi connectivity index (χ0n) is 12.3. The lowest BCUT2D eigenvalue weighted by Gasteiger charge is -2.16. The molecule has 1 unspecified atom stereocenters. The maximum Gasteiger partial charge on any atom is 0.228 e. The molecule has 0 radical (unpaired) electrons. The molecule has 1 N–H and O–H groups in total. The monoisotopic (exact) mass is 314 g/mol. The van der Waals surface area contributed by atoms with Gasteiger partial charge in [-0.2, -0.15) is 0 Å². The van der Waals surface area contributed by atoms with Gasteiger partial charge in [0.05, 0.1) is 16.6 Å². The number of rotatable bonds is 4. The van der Waals surface area contributed by atoms with E-state index in [9.17, 15) is 4.79 Å². The molecule has 22 heavy (non-hydrogen) atoms. The first-order chi connectivity index (χ1) is 10.7. The van der Waals surface area contributed by atoms with E-state index in [2.05, 4.69) is 22.3 Å². The SMILES string of the molecule is O=C(Nc1ccccc1Cl)C1CCN(Cc2ccccc2)C1. The first-order valence-electron chi connectivity index (χ1n) is 7.54. The van der Waals surface area contributed by atoms with Gasteiger partial charge in [-0.1, -0.05) is 54.1 Å². The van der Waals surface area contributed by atoms with E-state index < -0.39 is 0 Å². The molecule has 1 amide bonds. The molecule has 3 nitrogen and oxygen atoms in total. The minimum atomic E-state index is 0.0278. The van der Waals surface area contributed by atoms with E-state index in [-0.39, 0.29) is 11.8 Å². The molecule has 4 heteroatoms. The van der Waals surface area contributed by atoms with Crippen LogP contribution in [0.4, 0.5) is 5.69 Å². The molecule has 1 heterocycles. The van der Waals surface area contributed by atoms with Gasteiger partial charge in [0.25, 0.3) is 0 Å². The Morgan fingerprint density at radius 1 is 1.14 bits per heavy atom. The van der Waals surface area contributed by atoms with E-state index in [1.807, 2.05) is 36.4 Å². The molecule has 1 aliphatic rings. The molecule has 2 aromatic carbocycles. The highest BCUT2D eigenvalue weighted by Crippen LogP contribution is 2.24. The zero-order valence-corrected chi connectivity index (χ0v) is 13.1. The summed E-state index contributed by atoms with van der Waals surface area (Å²) in [6, 6.07) is 17.7. The number of carbonyl (C=O) groups is 1. The summed E-state index contributed by atoms with van der Waals surface area (Å²) in [5, 5.41) is 3.52. The van der Waals surface area contributed by atoms with Crippen molar-refractivity contribution in [2.45, 2.75) is 13.0 Å². The fourth-order valence-corrected chi connectivity index (χ4v) is 3.01. The second-order valence-electron chi connectivity index (χ2n) is 5.68. The van der Waals surface area contributed by atoms with E-state index in [0.29, 0.717) is 10.7 Å². The van der Waals surface area contributed by atoms with E-state index in [1.54, 1.807) is 6.07 Å². The minimum Gasteiger partial charge on any atom is -0.324 e. The Hall–Kier alpha value is -1.84. The number of nitrogens with zero attached hydrogens (tertiary/aromatic N) is 1. The number of benzene rings is 2. The van der Waals surface area contributed by atoms with Crippen molar-refractivity contribution in [3.63, 3.8) is 0 Å². The fraction of sp³-hybridized carbons (Fsp3) is 0.278. The molecular formula is C18H19ClN2O. The third kappa shape index (κ3) is 3.67. The highest BCUT2D eigenvalue weighted by Gasteiger charge is 2.28. The molecule has 0 aromatic heterocycles. The van der Waals surface area contributed by atoms with Gasteiger partial charge in [-0.3, -0.25) is 9.69 Å². The molecule has 114 valence electrons. The van der Waals surface area contributed by atoms with E-state index in [4.69, 9.17) is 11.6 Å². The second kappa shape index (κ2) is 6.95. The number of hydrogen-bond acceptors (Lipinski definition) is 2. The number of amides is 1. The Balaban J connectivity index is 1.56. The van der Waals surface area contributed by atoms with E-state index in [1.165, 1.54) is 5.56 Å². The lowest BCUT2D eigenvalue weighted by molar-refractivity contribution is -0.119. The van der Waals surface area contributed by atoms with Crippen LogP contribution >= 0.6 is 11.6 Å². The number of likely N-dealkylation sites (tertiary alicyclic amines) is 1. The van der Waals surface area contributed by atoms with Gasteiger partial charge in [0.15, 0.2) is 0 Å². The lowest BCUT2D eigenvalue weighted by Crippen LogP contribution is -2.27. The van der Waals surface area contributed by atoms with Crippen LogP contribution in [0.2, 0.25) is 5.02 Å². The van der Waals surface area contributed by atoms with Crippen LogP contribution < -0.4 is 5.32 Å². The summed E-state index contributed by atoms with van der Waals surface area (Å²) in [6.45, 7) is 2.65.